The van der Waals surface area contributed by atoms with Gasteiger partial charge in [-0.05, 0) is 48.6 Å². The zero-order valence-electron chi connectivity index (χ0n) is 16.9. The highest BCUT2D eigenvalue weighted by Crippen LogP contribution is 2.36. The van der Waals surface area contributed by atoms with Gasteiger partial charge in [0.2, 0.25) is 0 Å². The summed E-state index contributed by atoms with van der Waals surface area (Å²) in [6.45, 7) is 10.5. The molecular weight excluding hydrogens is 390 g/mol. The van der Waals surface area contributed by atoms with Crippen molar-refractivity contribution in [1.29, 1.82) is 0 Å². The Hall–Kier alpha value is -2.11. The Labute approximate surface area is 175 Å². The number of amides is 1. The molecule has 0 aliphatic heterocycles. The summed E-state index contributed by atoms with van der Waals surface area (Å²) in [5.41, 5.74) is 3.29. The van der Waals surface area contributed by atoms with Crippen LogP contribution in [0.5, 0.6) is 0 Å². The smallest absolute Gasteiger partial charge is 0.268 e. The third-order valence-electron chi connectivity index (χ3n) is 4.70. The molecule has 2 heterocycles. The second-order valence-electron chi connectivity index (χ2n) is 7.98. The van der Waals surface area contributed by atoms with Crippen LogP contribution in [0.15, 0.2) is 36.4 Å². The van der Waals surface area contributed by atoms with Gasteiger partial charge in [0.1, 0.15) is 10.7 Å². The number of hydrogen-bond donors (Lipinski definition) is 2. The molecule has 3 aromatic rings. The van der Waals surface area contributed by atoms with Crippen molar-refractivity contribution in [2.45, 2.75) is 47.1 Å². The maximum atomic E-state index is 12.9. The maximum Gasteiger partial charge on any atom is 0.268 e. The van der Waals surface area contributed by atoms with E-state index in [4.69, 9.17) is 16.6 Å². The van der Waals surface area contributed by atoms with Crippen LogP contribution in [-0.2, 0) is 6.42 Å². The average molecular weight is 416 g/mol. The van der Waals surface area contributed by atoms with Gasteiger partial charge in [-0.1, -0.05) is 51.4 Å². The molecule has 0 spiro atoms. The standard InChI is InChI=1S/C22H26ClN3OS/c1-6-18-13(2)24-21(28-18)19(22(3,4)5)26-20(27)17-12-11-16(25-17)14-7-9-15(23)10-8-14/h7-12,19,25H,6H2,1-5H3,(H,26,27). The van der Waals surface area contributed by atoms with Gasteiger partial charge in [-0.25, -0.2) is 4.98 Å². The zero-order valence-corrected chi connectivity index (χ0v) is 18.5. The first-order chi connectivity index (χ1) is 13.2. The summed E-state index contributed by atoms with van der Waals surface area (Å²) in [5.74, 6) is -0.133. The van der Waals surface area contributed by atoms with Crippen LogP contribution >= 0.6 is 22.9 Å². The van der Waals surface area contributed by atoms with E-state index in [1.54, 1.807) is 11.3 Å². The van der Waals surface area contributed by atoms with Crippen LogP contribution < -0.4 is 5.32 Å². The molecule has 1 atom stereocenters. The van der Waals surface area contributed by atoms with Crippen LogP contribution in [0, 0.1) is 12.3 Å². The van der Waals surface area contributed by atoms with Crippen LogP contribution in [0.2, 0.25) is 5.02 Å². The molecule has 1 unspecified atom stereocenters. The summed E-state index contributed by atoms with van der Waals surface area (Å²) in [5, 5.41) is 4.83. The van der Waals surface area contributed by atoms with E-state index in [1.165, 1.54) is 4.88 Å². The Morgan fingerprint density at radius 2 is 1.89 bits per heavy atom. The quantitative estimate of drug-likeness (QED) is 0.522. The number of H-pyrrole nitrogens is 1. The Morgan fingerprint density at radius 1 is 1.21 bits per heavy atom. The van der Waals surface area contributed by atoms with Crippen molar-refractivity contribution in [3.05, 3.63) is 62.7 Å². The second-order valence-corrected chi connectivity index (χ2v) is 9.53. The fourth-order valence-electron chi connectivity index (χ4n) is 3.08. The van der Waals surface area contributed by atoms with Gasteiger partial charge in [-0.2, -0.15) is 0 Å². The zero-order chi connectivity index (χ0) is 20.5. The fourth-order valence-corrected chi connectivity index (χ4v) is 4.51. The highest BCUT2D eigenvalue weighted by molar-refractivity contribution is 7.11. The number of halogens is 1. The minimum absolute atomic E-state index is 0.133. The Kier molecular flexibility index (Phi) is 5.96. The van der Waals surface area contributed by atoms with Gasteiger partial charge in [0.05, 0.1) is 11.7 Å². The molecule has 1 aromatic carbocycles. The van der Waals surface area contributed by atoms with E-state index in [2.05, 4.69) is 38.0 Å². The van der Waals surface area contributed by atoms with E-state index in [1.807, 2.05) is 43.3 Å². The van der Waals surface area contributed by atoms with E-state index < -0.39 is 0 Å². The average Bonchev–Trinajstić information content (AvgIpc) is 3.26. The molecule has 0 saturated heterocycles. The highest BCUT2D eigenvalue weighted by Gasteiger charge is 2.31. The molecule has 0 aliphatic carbocycles. The fraction of sp³-hybridized carbons (Fsp3) is 0.364. The second kappa shape index (κ2) is 8.10. The minimum atomic E-state index is -0.161. The molecule has 0 fully saturated rings. The van der Waals surface area contributed by atoms with E-state index in [0.29, 0.717) is 10.7 Å². The minimum Gasteiger partial charge on any atom is -0.351 e. The predicted molar refractivity (Wildman–Crippen MR) is 117 cm³/mol. The van der Waals surface area contributed by atoms with Crippen molar-refractivity contribution in [2.24, 2.45) is 5.41 Å². The lowest BCUT2D eigenvalue weighted by molar-refractivity contribution is 0.0897. The first-order valence-corrected chi connectivity index (χ1v) is 10.6. The molecule has 3 rings (SSSR count). The number of carbonyl (C=O) groups is 1. The van der Waals surface area contributed by atoms with Gasteiger partial charge in [0, 0.05) is 15.6 Å². The summed E-state index contributed by atoms with van der Waals surface area (Å²) in [7, 11) is 0. The molecule has 0 saturated carbocycles. The van der Waals surface area contributed by atoms with Crippen LogP contribution in [0.1, 0.15) is 59.8 Å². The molecule has 6 heteroatoms. The number of thiazole rings is 1. The van der Waals surface area contributed by atoms with E-state index >= 15 is 0 Å². The van der Waals surface area contributed by atoms with Gasteiger partial charge in [-0.15, -0.1) is 11.3 Å². The molecule has 2 aromatic heterocycles. The van der Waals surface area contributed by atoms with Crippen LogP contribution in [0.25, 0.3) is 11.3 Å². The maximum absolute atomic E-state index is 12.9. The van der Waals surface area contributed by atoms with Crippen LogP contribution in [0.4, 0.5) is 0 Å². The van der Waals surface area contributed by atoms with Crippen molar-refractivity contribution in [3.63, 3.8) is 0 Å². The molecule has 0 radical (unpaired) electrons. The van der Waals surface area contributed by atoms with Gasteiger partial charge in [0.15, 0.2) is 0 Å². The lowest BCUT2D eigenvalue weighted by Crippen LogP contribution is -2.36. The van der Waals surface area contributed by atoms with E-state index in [9.17, 15) is 4.79 Å². The van der Waals surface area contributed by atoms with Gasteiger partial charge in [0.25, 0.3) is 5.91 Å². The largest absolute Gasteiger partial charge is 0.351 e. The van der Waals surface area contributed by atoms with Crippen LogP contribution in [-0.4, -0.2) is 15.9 Å². The van der Waals surface area contributed by atoms with Crippen LogP contribution in [0.3, 0.4) is 0 Å². The molecule has 4 nitrogen and oxygen atoms in total. The number of nitrogens with one attached hydrogen (secondary N) is 2. The van der Waals surface area contributed by atoms with Gasteiger partial charge in [-0.3, -0.25) is 4.79 Å². The number of hydrogen-bond acceptors (Lipinski definition) is 3. The Morgan fingerprint density at radius 3 is 2.46 bits per heavy atom. The van der Waals surface area contributed by atoms with Crippen molar-refractivity contribution >= 4 is 28.8 Å². The van der Waals surface area contributed by atoms with Gasteiger partial charge >= 0.3 is 0 Å². The number of aryl methyl sites for hydroxylation is 2. The SMILES string of the molecule is CCc1sc(C(NC(=O)c2ccc(-c3ccc(Cl)cc3)[nH]2)C(C)(C)C)nc1C. The molecule has 2 N–H and O–H groups in total. The first-order valence-electron chi connectivity index (χ1n) is 9.41. The molecular formula is C22H26ClN3OS. The summed E-state index contributed by atoms with van der Waals surface area (Å²) < 4.78 is 0. The lowest BCUT2D eigenvalue weighted by Gasteiger charge is -2.29. The van der Waals surface area contributed by atoms with Crippen molar-refractivity contribution in [3.8, 4) is 11.3 Å². The van der Waals surface area contributed by atoms with Crippen molar-refractivity contribution < 1.29 is 4.79 Å². The van der Waals surface area contributed by atoms with Crippen molar-refractivity contribution in [1.82, 2.24) is 15.3 Å². The lowest BCUT2D eigenvalue weighted by atomic mass is 9.87. The number of aromatic amines is 1. The summed E-state index contributed by atoms with van der Waals surface area (Å²) in [6, 6.07) is 11.1. The molecule has 1 amide bonds. The van der Waals surface area contributed by atoms with Gasteiger partial charge < -0.3 is 10.3 Å². The number of benzene rings is 1. The Balaban J connectivity index is 1.83. The van der Waals surface area contributed by atoms with E-state index in [-0.39, 0.29) is 17.4 Å². The highest BCUT2D eigenvalue weighted by atomic mass is 35.5. The van der Waals surface area contributed by atoms with E-state index in [0.717, 1.165) is 28.4 Å². The number of aromatic nitrogens is 2. The Bertz CT molecular complexity index is 967. The summed E-state index contributed by atoms with van der Waals surface area (Å²) in [4.78, 5) is 22.2. The van der Waals surface area contributed by atoms with Crippen molar-refractivity contribution in [2.75, 3.05) is 0 Å². The molecule has 0 aliphatic rings. The number of carbonyl (C=O) groups excluding carboxylic acids is 1. The predicted octanol–water partition coefficient (Wildman–Crippen LogP) is 6.18. The monoisotopic (exact) mass is 415 g/mol. The normalized spacial score (nSPS) is 12.8. The number of rotatable bonds is 5. The molecule has 28 heavy (non-hydrogen) atoms. The molecule has 0 bridgehead atoms. The third kappa shape index (κ3) is 4.47. The third-order valence-corrected chi connectivity index (χ3v) is 6.32. The topological polar surface area (TPSA) is 57.8 Å². The summed E-state index contributed by atoms with van der Waals surface area (Å²) in [6.07, 6.45) is 0.954. The first kappa shape index (κ1) is 20.6. The summed E-state index contributed by atoms with van der Waals surface area (Å²) >= 11 is 7.64. The number of nitrogens with zero attached hydrogens (tertiary/aromatic N) is 1. The molecule has 148 valence electrons.